The van der Waals surface area contributed by atoms with Crippen LogP contribution in [0, 0.1) is 5.92 Å². The molecule has 1 heterocycles. The van der Waals surface area contributed by atoms with Crippen LogP contribution in [0.3, 0.4) is 0 Å². The largest absolute Gasteiger partial charge is 0.461 e. The number of allylic oxidation sites excluding steroid dienone is 1. The van der Waals surface area contributed by atoms with Gasteiger partial charge in [0.1, 0.15) is 0 Å². The number of amides is 1. The molecule has 0 saturated carbocycles. The van der Waals surface area contributed by atoms with E-state index in [1.165, 1.54) is 18.1 Å². The van der Waals surface area contributed by atoms with Gasteiger partial charge >= 0.3 is 12.1 Å². The summed E-state index contributed by atoms with van der Waals surface area (Å²) in [6.07, 6.45) is 7.16. The molecule has 2 atom stereocenters. The summed E-state index contributed by atoms with van der Waals surface area (Å²) in [7, 11) is 0. The number of carbonyl (C=O) groups is 2. The first-order valence-corrected chi connectivity index (χ1v) is 9.86. The number of aliphatic hydroxyl groups is 1. The van der Waals surface area contributed by atoms with E-state index in [1.54, 1.807) is 24.7 Å². The summed E-state index contributed by atoms with van der Waals surface area (Å²) in [5.74, 6) is -0.270. The highest BCUT2D eigenvalue weighted by Gasteiger charge is 2.26. The maximum atomic E-state index is 12.3. The molecule has 1 aromatic rings. The van der Waals surface area contributed by atoms with Crippen LogP contribution in [0.15, 0.2) is 23.5 Å². The second-order valence-electron chi connectivity index (χ2n) is 5.64. The van der Waals surface area contributed by atoms with Gasteiger partial charge in [0, 0.05) is 12.5 Å². The van der Waals surface area contributed by atoms with Crippen LogP contribution in [0.25, 0.3) is 0 Å². The van der Waals surface area contributed by atoms with Crippen LogP contribution in [0.2, 0.25) is 0 Å². The SMILES string of the molecule is CCOC(=O)N/C(=N/c1c(C(=O)OCC)ncn1[C@H]1C=C[C@@H](CO)C1)SC. The van der Waals surface area contributed by atoms with Crippen molar-refractivity contribution in [3.63, 3.8) is 0 Å². The molecule has 0 fully saturated rings. The van der Waals surface area contributed by atoms with Gasteiger partial charge in [-0.2, -0.15) is 0 Å². The minimum absolute atomic E-state index is 0.0398. The minimum atomic E-state index is -0.629. The fraction of sp³-hybridized carbons (Fsp3) is 0.529. The van der Waals surface area contributed by atoms with E-state index in [0.29, 0.717) is 6.42 Å². The number of hydrogen-bond donors (Lipinski definition) is 2. The quantitative estimate of drug-likeness (QED) is 0.328. The molecule has 1 aromatic heterocycles. The molecule has 27 heavy (non-hydrogen) atoms. The zero-order valence-electron chi connectivity index (χ0n) is 15.5. The van der Waals surface area contributed by atoms with Crippen LogP contribution in [0.1, 0.15) is 36.8 Å². The Labute approximate surface area is 161 Å². The normalized spacial score (nSPS) is 19.2. The lowest BCUT2D eigenvalue weighted by Gasteiger charge is -2.15. The summed E-state index contributed by atoms with van der Waals surface area (Å²) in [5.41, 5.74) is 0.0647. The topological polar surface area (TPSA) is 115 Å². The summed E-state index contributed by atoms with van der Waals surface area (Å²) < 4.78 is 11.7. The number of nitrogens with zero attached hydrogens (tertiary/aromatic N) is 3. The standard InChI is InChI=1S/C17H24N4O5S/c1-4-25-15(23)13-14(19-16(27-3)20-17(24)26-5-2)21(10-18-13)12-7-6-11(8-12)9-22/h6-7,10-12,22H,4-5,8-9H2,1-3H3,(H,19,20,24)/t11-,12+/m1/s1. The van der Waals surface area contributed by atoms with Gasteiger partial charge in [-0.25, -0.2) is 19.6 Å². The molecule has 0 aliphatic heterocycles. The summed E-state index contributed by atoms with van der Waals surface area (Å²) >= 11 is 1.20. The molecule has 0 aromatic carbocycles. The number of hydrogen-bond acceptors (Lipinski definition) is 8. The lowest BCUT2D eigenvalue weighted by atomic mass is 10.1. The van der Waals surface area contributed by atoms with Gasteiger partial charge < -0.3 is 19.1 Å². The number of aliphatic hydroxyl groups excluding tert-OH is 1. The first kappa shape index (κ1) is 21.0. The average Bonchev–Trinajstić information content (AvgIpc) is 3.28. The van der Waals surface area contributed by atoms with Crippen LogP contribution in [-0.4, -0.2) is 58.0 Å². The fourth-order valence-electron chi connectivity index (χ4n) is 2.62. The molecule has 1 aliphatic carbocycles. The Hall–Kier alpha value is -2.33. The highest BCUT2D eigenvalue weighted by Crippen LogP contribution is 2.33. The number of nitrogens with one attached hydrogen (secondary N) is 1. The first-order valence-electron chi connectivity index (χ1n) is 8.63. The molecular formula is C17H24N4O5S. The van der Waals surface area contributed by atoms with Gasteiger partial charge in [-0.05, 0) is 26.5 Å². The molecule has 10 heteroatoms. The predicted octanol–water partition coefficient (Wildman–Crippen LogP) is 2.27. The second-order valence-corrected chi connectivity index (χ2v) is 6.44. The molecule has 0 radical (unpaired) electrons. The third-order valence-corrected chi connectivity index (χ3v) is 4.44. The molecular weight excluding hydrogens is 372 g/mol. The molecule has 2 rings (SSSR count). The monoisotopic (exact) mass is 396 g/mol. The number of carbonyl (C=O) groups excluding carboxylic acids is 2. The lowest BCUT2D eigenvalue weighted by Crippen LogP contribution is -2.29. The number of thioether (sulfide) groups is 1. The van der Waals surface area contributed by atoms with Crippen molar-refractivity contribution in [1.82, 2.24) is 14.9 Å². The van der Waals surface area contributed by atoms with E-state index in [1.807, 2.05) is 12.2 Å². The van der Waals surface area contributed by atoms with Gasteiger partial charge in [-0.1, -0.05) is 23.9 Å². The van der Waals surface area contributed by atoms with Crippen molar-refractivity contribution in [2.45, 2.75) is 26.3 Å². The van der Waals surface area contributed by atoms with Crippen molar-refractivity contribution in [1.29, 1.82) is 0 Å². The molecule has 0 bridgehead atoms. The zero-order valence-corrected chi connectivity index (χ0v) is 16.4. The Bertz CT molecular complexity index is 731. The van der Waals surface area contributed by atoms with E-state index >= 15 is 0 Å². The van der Waals surface area contributed by atoms with Crippen molar-refractivity contribution >= 4 is 34.8 Å². The minimum Gasteiger partial charge on any atom is -0.461 e. The maximum Gasteiger partial charge on any atom is 0.413 e. The first-order chi connectivity index (χ1) is 13.0. The molecule has 148 valence electrons. The number of aliphatic imine (C=N–C) groups is 1. The molecule has 0 saturated heterocycles. The zero-order chi connectivity index (χ0) is 19.8. The molecule has 9 nitrogen and oxygen atoms in total. The van der Waals surface area contributed by atoms with Gasteiger partial charge in [-0.3, -0.25) is 5.32 Å². The van der Waals surface area contributed by atoms with E-state index in [9.17, 15) is 14.7 Å². The summed E-state index contributed by atoms with van der Waals surface area (Å²) in [6, 6.07) is -0.109. The summed E-state index contributed by atoms with van der Waals surface area (Å²) in [4.78, 5) is 32.6. The Morgan fingerprint density at radius 3 is 2.70 bits per heavy atom. The predicted molar refractivity (Wildman–Crippen MR) is 102 cm³/mol. The molecule has 1 amide bonds. The fourth-order valence-corrected chi connectivity index (χ4v) is 2.98. The molecule has 0 spiro atoms. The number of ether oxygens (including phenoxy) is 2. The van der Waals surface area contributed by atoms with Crippen molar-refractivity contribution in [3.05, 3.63) is 24.2 Å². The number of rotatable bonds is 6. The van der Waals surface area contributed by atoms with Crippen LogP contribution < -0.4 is 5.32 Å². The lowest BCUT2D eigenvalue weighted by molar-refractivity contribution is 0.0521. The summed E-state index contributed by atoms with van der Waals surface area (Å²) in [5, 5.41) is 12.2. The molecule has 1 aliphatic rings. The van der Waals surface area contributed by atoms with Crippen molar-refractivity contribution in [2.75, 3.05) is 26.1 Å². The highest BCUT2D eigenvalue weighted by atomic mass is 32.2. The Morgan fingerprint density at radius 2 is 2.11 bits per heavy atom. The van der Waals surface area contributed by atoms with Crippen molar-refractivity contribution in [3.8, 4) is 0 Å². The number of amidine groups is 1. The Kier molecular flexibility index (Phi) is 7.86. The molecule has 0 unspecified atom stereocenters. The van der Waals surface area contributed by atoms with Gasteiger partial charge in [0.2, 0.25) is 0 Å². The molecule has 2 N–H and O–H groups in total. The average molecular weight is 396 g/mol. The van der Waals surface area contributed by atoms with Crippen LogP contribution in [0.5, 0.6) is 0 Å². The van der Waals surface area contributed by atoms with Gasteiger partial charge in [0.05, 0.1) is 25.6 Å². The maximum absolute atomic E-state index is 12.3. The number of imidazole rings is 1. The third kappa shape index (κ3) is 5.33. The second kappa shape index (κ2) is 10.1. The van der Waals surface area contributed by atoms with Crippen LogP contribution >= 0.6 is 11.8 Å². The number of esters is 1. The number of alkyl carbamates (subject to hydrolysis) is 1. The van der Waals surface area contributed by atoms with Gasteiger partial charge in [0.15, 0.2) is 16.7 Å². The van der Waals surface area contributed by atoms with Gasteiger partial charge in [-0.15, -0.1) is 0 Å². The summed E-state index contributed by atoms with van der Waals surface area (Å²) in [6.45, 7) is 3.90. The van der Waals surface area contributed by atoms with E-state index in [0.717, 1.165) is 0 Å². The Balaban J connectivity index is 2.39. The van der Waals surface area contributed by atoms with E-state index in [4.69, 9.17) is 9.47 Å². The Morgan fingerprint density at radius 1 is 1.37 bits per heavy atom. The smallest absolute Gasteiger partial charge is 0.413 e. The third-order valence-electron chi connectivity index (χ3n) is 3.86. The van der Waals surface area contributed by atoms with Gasteiger partial charge in [0.25, 0.3) is 0 Å². The van der Waals surface area contributed by atoms with E-state index in [2.05, 4.69) is 15.3 Å². The van der Waals surface area contributed by atoms with E-state index < -0.39 is 12.1 Å². The van der Waals surface area contributed by atoms with Crippen molar-refractivity contribution in [2.24, 2.45) is 10.9 Å². The van der Waals surface area contributed by atoms with Crippen molar-refractivity contribution < 1.29 is 24.2 Å². The highest BCUT2D eigenvalue weighted by molar-refractivity contribution is 8.13. The van der Waals surface area contributed by atoms with Crippen LogP contribution in [-0.2, 0) is 9.47 Å². The number of aromatic nitrogens is 2. The van der Waals surface area contributed by atoms with Crippen LogP contribution in [0.4, 0.5) is 10.6 Å². The van der Waals surface area contributed by atoms with E-state index in [-0.39, 0.29) is 48.5 Å².